The van der Waals surface area contributed by atoms with Crippen molar-refractivity contribution in [1.82, 2.24) is 0 Å². The van der Waals surface area contributed by atoms with Gasteiger partial charge in [0.1, 0.15) is 31.8 Å². The van der Waals surface area contributed by atoms with Gasteiger partial charge in [0.25, 0.3) is 0 Å². The molecule has 0 unspecified atom stereocenters. The molecule has 232 valence electrons. The van der Waals surface area contributed by atoms with Crippen molar-refractivity contribution in [3.05, 3.63) is 192 Å². The van der Waals surface area contributed by atoms with Crippen LogP contribution in [0.5, 0.6) is 0 Å². The van der Waals surface area contributed by atoms with Crippen LogP contribution in [0, 0.1) is 22.7 Å². The summed E-state index contributed by atoms with van der Waals surface area (Å²) < 4.78 is 0. The smallest absolute Gasteiger partial charge is 0.770 e. The van der Waals surface area contributed by atoms with Gasteiger partial charge < -0.3 is 25.3 Å². The summed E-state index contributed by atoms with van der Waals surface area (Å²) >= 11 is 8.70. The fourth-order valence-electron chi connectivity index (χ4n) is 4.73. The summed E-state index contributed by atoms with van der Waals surface area (Å²) in [5.41, 5.74) is 0. The van der Waals surface area contributed by atoms with Gasteiger partial charge in [0.05, 0.1) is 28.0 Å². The molecule has 0 atom stereocenters. The normalized spacial score (nSPS) is 10.4. The summed E-state index contributed by atoms with van der Waals surface area (Å²) in [5, 5.41) is 24.6. The van der Waals surface area contributed by atoms with Crippen LogP contribution in [0.3, 0.4) is 0 Å². The van der Waals surface area contributed by atoms with E-state index in [-0.39, 0.29) is 26.3 Å². The minimum absolute atomic E-state index is 0. The Morgan fingerprint density at radius 2 is 0.489 bits per heavy atom. The molecule has 0 saturated heterocycles. The Balaban J connectivity index is 0.000000206. The Morgan fingerprint density at radius 3 is 0.617 bits per heavy atom. The third-order valence-electron chi connectivity index (χ3n) is 6.78. The molecule has 0 radical (unpaired) electrons. The topological polar surface area (TPSA) is 47.6 Å². The van der Waals surface area contributed by atoms with Crippen molar-refractivity contribution in [2.45, 2.75) is 0 Å². The van der Waals surface area contributed by atoms with Crippen molar-refractivity contribution in [1.29, 1.82) is 10.5 Å². The van der Waals surface area contributed by atoms with Crippen molar-refractivity contribution in [2.24, 2.45) is 0 Å². The standard InChI is InChI=1S/2C18H15P.C4H2N2S2.Ni/c2*1-4-10-16(11-5-1)19(17-12-6-2-7-13-17)18-14-8-3-9-15-18;5-1-3(7)4(8)2-6;/h2*1-15H;7-8H;/q;;;+2/b;;4-3-;. The summed E-state index contributed by atoms with van der Waals surface area (Å²) in [4.78, 5) is -0.218. The molecule has 0 amide bonds. The van der Waals surface area contributed by atoms with E-state index in [4.69, 9.17) is 10.5 Å². The predicted molar refractivity (Wildman–Crippen MR) is 206 cm³/mol. The van der Waals surface area contributed by atoms with Crippen LogP contribution in [0.2, 0.25) is 0 Å². The number of nitriles is 2. The number of hydrogen-bond acceptors (Lipinski definition) is 4. The molecule has 6 aromatic rings. The molecular weight excluding hydrogens is 693 g/mol. The number of nitrogens with zero attached hydrogens (tertiary/aromatic N) is 2. The van der Waals surface area contributed by atoms with Crippen molar-refractivity contribution in [3.63, 3.8) is 0 Å². The fraction of sp³-hybridized carbons (Fsp3) is 0. The molecule has 6 rings (SSSR count). The van der Waals surface area contributed by atoms with E-state index < -0.39 is 15.8 Å². The van der Waals surface area contributed by atoms with Crippen LogP contribution in [0.25, 0.3) is 0 Å². The molecule has 0 aromatic heterocycles. The first kappa shape index (κ1) is 37.3. The maximum atomic E-state index is 8.01. The Labute approximate surface area is 302 Å². The predicted octanol–water partition coefficient (Wildman–Crippen LogP) is 6.69. The average molecular weight is 725 g/mol. The van der Waals surface area contributed by atoms with E-state index >= 15 is 0 Å². The van der Waals surface area contributed by atoms with E-state index in [1.807, 2.05) is 0 Å². The molecule has 0 fully saturated rings. The first-order chi connectivity index (χ1) is 22.6. The zero-order valence-electron chi connectivity index (χ0n) is 25.3. The second kappa shape index (κ2) is 20.9. The molecule has 0 bridgehead atoms. The molecule has 0 N–H and O–H groups in total. The van der Waals surface area contributed by atoms with Crippen LogP contribution >= 0.6 is 15.8 Å². The first-order valence-corrected chi connectivity index (χ1v) is 18.4. The van der Waals surface area contributed by atoms with Crippen LogP contribution in [0.1, 0.15) is 0 Å². The Kier molecular flexibility index (Phi) is 16.5. The molecular formula is C40H32N2NiP2S2+2. The van der Waals surface area contributed by atoms with Crippen LogP contribution in [-0.2, 0) is 41.7 Å². The second-order valence-electron chi connectivity index (χ2n) is 9.83. The molecule has 0 saturated carbocycles. The molecule has 2 nitrogen and oxygen atoms in total. The third kappa shape index (κ3) is 11.5. The summed E-state index contributed by atoms with van der Waals surface area (Å²) in [7, 11) is -1.75. The van der Waals surface area contributed by atoms with Gasteiger partial charge in [-0.15, -0.1) is 9.81 Å². The summed E-state index contributed by atoms with van der Waals surface area (Å²) in [6.45, 7) is 0. The van der Waals surface area contributed by atoms with Gasteiger partial charge in [0.2, 0.25) is 0 Å². The minimum atomic E-state index is -0.877. The molecule has 0 spiro atoms. The summed E-state index contributed by atoms with van der Waals surface area (Å²) in [5.74, 6) is 0. The monoisotopic (exact) mass is 724 g/mol. The van der Waals surface area contributed by atoms with Crippen LogP contribution in [0.15, 0.2) is 192 Å². The number of hydrogen-bond donors (Lipinski definition) is 0. The van der Waals surface area contributed by atoms with Gasteiger partial charge in [0, 0.05) is 0 Å². The van der Waals surface area contributed by atoms with Gasteiger partial charge in [0.15, 0.2) is 0 Å². The first-order valence-electron chi connectivity index (χ1n) is 14.6. The van der Waals surface area contributed by atoms with Gasteiger partial charge in [-0.25, -0.2) is 0 Å². The van der Waals surface area contributed by atoms with Crippen LogP contribution in [-0.4, -0.2) is 0 Å². The van der Waals surface area contributed by atoms with Gasteiger partial charge in [-0.2, -0.15) is 10.5 Å². The molecule has 6 aromatic carbocycles. The van der Waals surface area contributed by atoms with Gasteiger partial charge in [-0.3, -0.25) is 0 Å². The van der Waals surface area contributed by atoms with Crippen molar-refractivity contribution in [3.8, 4) is 12.1 Å². The number of allylic oxidation sites excluding steroid dienone is 2. The summed E-state index contributed by atoms with van der Waals surface area (Å²) in [6, 6.07) is 68.2. The largest absolute Gasteiger partial charge is 2.00 e. The zero-order valence-corrected chi connectivity index (χ0v) is 30.0. The van der Waals surface area contributed by atoms with E-state index in [0.717, 1.165) is 0 Å². The summed E-state index contributed by atoms with van der Waals surface area (Å²) in [6.07, 6.45) is 0. The molecule has 0 aliphatic heterocycles. The molecule has 7 heteroatoms. The van der Waals surface area contributed by atoms with E-state index in [2.05, 4.69) is 207 Å². The maximum Gasteiger partial charge on any atom is 2.00 e. The average Bonchev–Trinajstić information content (AvgIpc) is 3.14. The SMILES string of the molecule is N#C/C([S-])=C(/[S-])C#N.[Ni+2].c1ccc([PH+](c2ccccc2)c2ccccc2)cc1.c1ccc([PH+](c2ccccc2)c2ccccc2)cc1. The number of rotatable bonds is 6. The maximum absolute atomic E-state index is 8.01. The van der Waals surface area contributed by atoms with Crippen molar-refractivity contribution in [2.75, 3.05) is 0 Å². The van der Waals surface area contributed by atoms with Crippen LogP contribution in [0.4, 0.5) is 0 Å². The quantitative estimate of drug-likeness (QED) is 0.0832. The molecule has 0 heterocycles. The van der Waals surface area contributed by atoms with Crippen molar-refractivity contribution >= 4 is 72.9 Å². The third-order valence-corrected chi connectivity index (χ3v) is 13.0. The van der Waals surface area contributed by atoms with E-state index in [1.54, 1.807) is 12.1 Å². The van der Waals surface area contributed by atoms with E-state index in [1.165, 1.54) is 31.8 Å². The van der Waals surface area contributed by atoms with Gasteiger partial charge in [-0.1, -0.05) is 109 Å². The van der Waals surface area contributed by atoms with Gasteiger partial charge >= 0.3 is 16.5 Å². The van der Waals surface area contributed by atoms with Gasteiger partial charge in [-0.05, 0) is 72.8 Å². The van der Waals surface area contributed by atoms with E-state index in [0.29, 0.717) is 0 Å². The second-order valence-corrected chi connectivity index (χ2v) is 15.6. The Morgan fingerprint density at radius 1 is 0.340 bits per heavy atom. The number of benzene rings is 6. The zero-order chi connectivity index (χ0) is 32.4. The van der Waals surface area contributed by atoms with E-state index in [9.17, 15) is 0 Å². The molecule has 47 heavy (non-hydrogen) atoms. The Bertz CT molecular complexity index is 1540. The van der Waals surface area contributed by atoms with Crippen molar-refractivity contribution < 1.29 is 16.5 Å². The fourth-order valence-corrected chi connectivity index (χ4v) is 9.98. The molecule has 0 aliphatic rings. The molecule has 0 aliphatic carbocycles. The minimum Gasteiger partial charge on any atom is -0.770 e. The van der Waals surface area contributed by atoms with Crippen LogP contribution < -0.4 is 31.8 Å². The Hall–Kier alpha value is -4.17.